The number of rotatable bonds is 3. The molecule has 0 saturated carbocycles. The Morgan fingerprint density at radius 3 is 2.62 bits per heavy atom. The van der Waals surface area contributed by atoms with Crippen LogP contribution in [0.2, 0.25) is 0 Å². The van der Waals surface area contributed by atoms with Gasteiger partial charge in [-0.05, 0) is 36.1 Å². The van der Waals surface area contributed by atoms with Gasteiger partial charge in [0.15, 0.2) is 0 Å². The molecule has 3 heterocycles. The molecular weight excluding hydrogens is 362 g/mol. The van der Waals surface area contributed by atoms with Gasteiger partial charge in [-0.2, -0.15) is 0 Å². The molecule has 1 aromatic heterocycles. The molecule has 0 bridgehead atoms. The molecule has 1 unspecified atom stereocenters. The van der Waals surface area contributed by atoms with Crippen molar-refractivity contribution in [1.82, 2.24) is 14.8 Å². The second-order valence-electron chi connectivity index (χ2n) is 8.10. The Kier molecular flexibility index (Phi) is 4.19. The number of nitrogens with one attached hydrogen (secondary N) is 1. The normalized spacial score (nSPS) is 21.4. The molecule has 148 valence electrons. The van der Waals surface area contributed by atoms with E-state index in [4.69, 9.17) is 0 Å². The van der Waals surface area contributed by atoms with Gasteiger partial charge in [-0.1, -0.05) is 49.4 Å². The van der Waals surface area contributed by atoms with Crippen LogP contribution in [-0.2, 0) is 16.0 Å². The predicted molar refractivity (Wildman–Crippen MR) is 113 cm³/mol. The monoisotopic (exact) mass is 387 g/mol. The minimum Gasteiger partial charge on any atom is -0.356 e. The van der Waals surface area contributed by atoms with Crippen molar-refractivity contribution in [2.24, 2.45) is 0 Å². The van der Waals surface area contributed by atoms with E-state index in [9.17, 15) is 9.59 Å². The van der Waals surface area contributed by atoms with Crippen molar-refractivity contribution in [1.29, 1.82) is 0 Å². The lowest BCUT2D eigenvalue weighted by atomic mass is 9.85. The molecule has 1 fully saturated rings. The highest BCUT2D eigenvalue weighted by molar-refractivity contribution is 5.97. The second kappa shape index (κ2) is 6.76. The zero-order valence-corrected chi connectivity index (χ0v) is 16.8. The van der Waals surface area contributed by atoms with E-state index in [1.165, 1.54) is 0 Å². The predicted octanol–water partition coefficient (Wildman–Crippen LogP) is 3.57. The van der Waals surface area contributed by atoms with E-state index in [0.29, 0.717) is 13.0 Å². The number of nitrogens with zero attached hydrogens (tertiary/aromatic N) is 2. The lowest BCUT2D eigenvalue weighted by Gasteiger charge is -2.47. The average molecular weight is 387 g/mol. The number of hydrogen-bond acceptors (Lipinski definition) is 2. The summed E-state index contributed by atoms with van der Waals surface area (Å²) in [5.74, 6) is 0.0987. The van der Waals surface area contributed by atoms with Gasteiger partial charge in [0.1, 0.15) is 6.04 Å². The van der Waals surface area contributed by atoms with E-state index in [-0.39, 0.29) is 24.4 Å². The molecule has 29 heavy (non-hydrogen) atoms. The number of aromatic amines is 1. The Morgan fingerprint density at radius 2 is 1.83 bits per heavy atom. The summed E-state index contributed by atoms with van der Waals surface area (Å²) in [6.07, 6.45) is 1.41. The van der Waals surface area contributed by atoms with E-state index in [2.05, 4.69) is 36.2 Å². The number of aromatic nitrogens is 1. The number of fused-ring (bicyclic) bond motifs is 4. The molecular formula is C24H25N3O2. The van der Waals surface area contributed by atoms with Crippen LogP contribution in [0, 0.1) is 6.92 Å². The maximum atomic E-state index is 13.3. The molecule has 5 heteroatoms. The quantitative estimate of drug-likeness (QED) is 0.747. The van der Waals surface area contributed by atoms with Gasteiger partial charge in [-0.25, -0.2) is 0 Å². The standard InChI is InChI=1S/C24H25N3O2/c1-3-12-26-14-21(28)27-20(24(26)29)13-18-17-10-6-7-11-19(17)25-22(18)23(27)16-9-5-4-8-15(16)2/h4-11,20,23,25H,3,12-14H2,1-2H3/t20-,23?/m0/s1. The molecule has 2 amide bonds. The van der Waals surface area contributed by atoms with Gasteiger partial charge in [0.05, 0.1) is 12.6 Å². The Balaban J connectivity index is 1.73. The van der Waals surface area contributed by atoms with Gasteiger partial charge in [0.2, 0.25) is 11.8 Å². The molecule has 1 saturated heterocycles. The van der Waals surface area contributed by atoms with Crippen LogP contribution in [0.25, 0.3) is 10.9 Å². The lowest BCUT2D eigenvalue weighted by Crippen LogP contribution is -2.63. The van der Waals surface area contributed by atoms with Crippen molar-refractivity contribution >= 4 is 22.7 Å². The minimum absolute atomic E-state index is 0.0283. The van der Waals surface area contributed by atoms with Gasteiger partial charge in [-0.3, -0.25) is 9.59 Å². The minimum atomic E-state index is -0.445. The van der Waals surface area contributed by atoms with Crippen LogP contribution in [0.3, 0.4) is 0 Å². The number of para-hydroxylation sites is 1. The van der Waals surface area contributed by atoms with Crippen molar-refractivity contribution < 1.29 is 9.59 Å². The highest BCUT2D eigenvalue weighted by Crippen LogP contribution is 2.43. The van der Waals surface area contributed by atoms with Gasteiger partial charge in [0.25, 0.3) is 0 Å². The van der Waals surface area contributed by atoms with Crippen molar-refractivity contribution in [3.63, 3.8) is 0 Å². The van der Waals surface area contributed by atoms with Crippen LogP contribution >= 0.6 is 0 Å². The first-order valence-electron chi connectivity index (χ1n) is 10.3. The zero-order chi connectivity index (χ0) is 20.1. The fourth-order valence-corrected chi connectivity index (χ4v) is 5.00. The Hall–Kier alpha value is -3.08. The van der Waals surface area contributed by atoms with Crippen molar-refractivity contribution in [3.8, 4) is 0 Å². The second-order valence-corrected chi connectivity index (χ2v) is 8.10. The maximum Gasteiger partial charge on any atom is 0.246 e. The first-order chi connectivity index (χ1) is 14.1. The summed E-state index contributed by atoms with van der Waals surface area (Å²) >= 11 is 0. The summed E-state index contributed by atoms with van der Waals surface area (Å²) in [6.45, 7) is 4.91. The summed E-state index contributed by atoms with van der Waals surface area (Å²) < 4.78 is 0. The topological polar surface area (TPSA) is 56.4 Å². The first kappa shape index (κ1) is 18.0. The van der Waals surface area contributed by atoms with Crippen LogP contribution in [0.5, 0.6) is 0 Å². The maximum absolute atomic E-state index is 13.3. The molecule has 0 aliphatic carbocycles. The van der Waals surface area contributed by atoms with Crippen LogP contribution in [0.1, 0.15) is 41.8 Å². The van der Waals surface area contributed by atoms with Crippen molar-refractivity contribution in [2.45, 2.75) is 38.8 Å². The van der Waals surface area contributed by atoms with E-state index < -0.39 is 6.04 Å². The van der Waals surface area contributed by atoms with Crippen LogP contribution in [0.15, 0.2) is 48.5 Å². The number of piperazine rings is 1. The van der Waals surface area contributed by atoms with E-state index in [0.717, 1.165) is 39.7 Å². The zero-order valence-electron chi connectivity index (χ0n) is 16.8. The van der Waals surface area contributed by atoms with E-state index in [1.807, 2.05) is 36.1 Å². The van der Waals surface area contributed by atoms with Crippen LogP contribution in [-0.4, -0.2) is 45.7 Å². The van der Waals surface area contributed by atoms with Crippen LogP contribution in [0.4, 0.5) is 0 Å². The third kappa shape index (κ3) is 2.68. The van der Waals surface area contributed by atoms with Gasteiger partial charge in [0, 0.05) is 29.6 Å². The molecule has 2 aliphatic rings. The number of amides is 2. The third-order valence-electron chi connectivity index (χ3n) is 6.32. The molecule has 3 aromatic rings. The molecule has 2 aliphatic heterocycles. The summed E-state index contributed by atoms with van der Waals surface area (Å²) in [4.78, 5) is 33.8. The lowest BCUT2D eigenvalue weighted by molar-refractivity contribution is -0.158. The van der Waals surface area contributed by atoms with E-state index >= 15 is 0 Å². The summed E-state index contributed by atoms with van der Waals surface area (Å²) in [6, 6.07) is 15.7. The SMILES string of the molecule is CCCN1CC(=O)N2C(c3ccccc3C)c3[nH]c4ccccc4c3C[C@H]2C1=O. The molecule has 5 nitrogen and oxygen atoms in total. The molecule has 2 atom stereocenters. The number of aryl methyl sites for hydroxylation is 1. The highest BCUT2D eigenvalue weighted by atomic mass is 16.2. The number of H-pyrrole nitrogens is 1. The van der Waals surface area contributed by atoms with Gasteiger partial charge >= 0.3 is 0 Å². The Labute approximate surface area is 170 Å². The highest BCUT2D eigenvalue weighted by Gasteiger charge is 2.48. The fourth-order valence-electron chi connectivity index (χ4n) is 5.00. The molecule has 0 spiro atoms. The number of carbonyl (C=O) groups excluding carboxylic acids is 2. The van der Waals surface area contributed by atoms with Gasteiger partial charge < -0.3 is 14.8 Å². The molecule has 5 rings (SSSR count). The van der Waals surface area contributed by atoms with Crippen LogP contribution < -0.4 is 0 Å². The molecule has 2 aromatic carbocycles. The average Bonchev–Trinajstić information content (AvgIpc) is 3.09. The number of benzene rings is 2. The largest absolute Gasteiger partial charge is 0.356 e. The summed E-state index contributed by atoms with van der Waals surface area (Å²) in [7, 11) is 0. The summed E-state index contributed by atoms with van der Waals surface area (Å²) in [5, 5.41) is 1.15. The van der Waals surface area contributed by atoms with Gasteiger partial charge in [-0.15, -0.1) is 0 Å². The Bertz CT molecular complexity index is 1120. The summed E-state index contributed by atoms with van der Waals surface area (Å²) in [5.41, 5.74) is 5.46. The molecule has 1 N–H and O–H groups in total. The first-order valence-corrected chi connectivity index (χ1v) is 10.3. The molecule has 0 radical (unpaired) electrons. The van der Waals surface area contributed by atoms with E-state index in [1.54, 1.807) is 4.90 Å². The smallest absolute Gasteiger partial charge is 0.246 e. The fraction of sp³-hybridized carbons (Fsp3) is 0.333. The van der Waals surface area contributed by atoms with Crippen molar-refractivity contribution in [2.75, 3.05) is 13.1 Å². The number of hydrogen-bond donors (Lipinski definition) is 1. The Morgan fingerprint density at radius 1 is 1.07 bits per heavy atom. The third-order valence-corrected chi connectivity index (χ3v) is 6.32. The number of carbonyl (C=O) groups is 2. The van der Waals surface area contributed by atoms with Crippen molar-refractivity contribution in [3.05, 3.63) is 70.9 Å².